The van der Waals surface area contributed by atoms with E-state index in [-0.39, 0.29) is 24.2 Å². The fraction of sp³-hybridized carbons (Fsp3) is 0.615. The molecular weight excluding hydrogens is 248 g/mol. The van der Waals surface area contributed by atoms with Gasteiger partial charge in [-0.25, -0.2) is 0 Å². The highest BCUT2D eigenvalue weighted by Gasteiger charge is 2.33. The summed E-state index contributed by atoms with van der Waals surface area (Å²) < 4.78 is 5.59. The van der Waals surface area contributed by atoms with Gasteiger partial charge in [-0.3, -0.25) is 4.79 Å². The van der Waals surface area contributed by atoms with Gasteiger partial charge in [0.25, 0.3) is 0 Å². The van der Waals surface area contributed by atoms with Gasteiger partial charge in [0.1, 0.15) is 6.61 Å². The summed E-state index contributed by atoms with van der Waals surface area (Å²) in [7, 11) is 0. The molecule has 0 radical (unpaired) electrons. The fourth-order valence-corrected chi connectivity index (χ4v) is 2.63. The van der Waals surface area contributed by atoms with Gasteiger partial charge in [0.15, 0.2) is 0 Å². The summed E-state index contributed by atoms with van der Waals surface area (Å²) in [6, 6.07) is 2.23. The molecule has 2 N–H and O–H groups in total. The first-order valence-electron chi connectivity index (χ1n) is 6.22. The lowest BCUT2D eigenvalue weighted by atomic mass is 10.0. The van der Waals surface area contributed by atoms with Crippen LogP contribution in [0.2, 0.25) is 0 Å². The minimum Gasteiger partial charge on any atom is -0.363 e. The van der Waals surface area contributed by atoms with E-state index in [1.54, 1.807) is 11.3 Å². The molecule has 100 valence electrons. The van der Waals surface area contributed by atoms with E-state index in [0.717, 1.165) is 19.5 Å². The smallest absolute Gasteiger partial charge is 0.246 e. The number of carbonyl (C=O) groups excluding carboxylic acids is 1. The normalized spacial score (nSPS) is 19.0. The molecule has 1 amide bonds. The molecule has 2 rings (SSSR count). The van der Waals surface area contributed by atoms with E-state index < -0.39 is 0 Å². The Balaban J connectivity index is 1.67. The molecule has 1 saturated heterocycles. The molecule has 1 aromatic heterocycles. The molecule has 0 saturated carbocycles. The molecule has 1 aliphatic heterocycles. The SMILES string of the molecule is CC(Cc1ccsc1)NC(=O)COC1(C)CNC1. The summed E-state index contributed by atoms with van der Waals surface area (Å²) in [5.74, 6) is -0.0362. The predicted molar refractivity (Wildman–Crippen MR) is 72.9 cm³/mol. The maximum absolute atomic E-state index is 11.7. The van der Waals surface area contributed by atoms with Crippen molar-refractivity contribution < 1.29 is 9.53 Å². The van der Waals surface area contributed by atoms with Crippen molar-refractivity contribution in [1.82, 2.24) is 10.6 Å². The minimum atomic E-state index is -0.159. The highest BCUT2D eigenvalue weighted by Crippen LogP contribution is 2.14. The molecule has 2 heterocycles. The molecule has 1 aromatic rings. The fourth-order valence-electron chi connectivity index (χ4n) is 1.95. The Morgan fingerprint density at radius 3 is 3.00 bits per heavy atom. The van der Waals surface area contributed by atoms with Crippen molar-refractivity contribution in [1.29, 1.82) is 0 Å². The molecule has 1 fully saturated rings. The zero-order valence-corrected chi connectivity index (χ0v) is 11.7. The van der Waals surface area contributed by atoms with Crippen LogP contribution in [0.5, 0.6) is 0 Å². The van der Waals surface area contributed by atoms with Gasteiger partial charge < -0.3 is 15.4 Å². The van der Waals surface area contributed by atoms with Gasteiger partial charge in [-0.15, -0.1) is 0 Å². The number of carbonyl (C=O) groups is 1. The van der Waals surface area contributed by atoms with Crippen molar-refractivity contribution >= 4 is 17.2 Å². The van der Waals surface area contributed by atoms with Crippen LogP contribution < -0.4 is 10.6 Å². The van der Waals surface area contributed by atoms with Crippen molar-refractivity contribution in [2.45, 2.75) is 31.9 Å². The molecule has 1 unspecified atom stereocenters. The zero-order chi connectivity index (χ0) is 13.0. The lowest BCUT2D eigenvalue weighted by molar-refractivity contribution is -0.136. The number of ether oxygens (including phenoxy) is 1. The van der Waals surface area contributed by atoms with Crippen LogP contribution in [-0.4, -0.2) is 37.2 Å². The van der Waals surface area contributed by atoms with Gasteiger partial charge in [0.2, 0.25) is 5.91 Å². The summed E-state index contributed by atoms with van der Waals surface area (Å²) in [6.45, 7) is 5.83. The zero-order valence-electron chi connectivity index (χ0n) is 10.9. The highest BCUT2D eigenvalue weighted by molar-refractivity contribution is 7.07. The van der Waals surface area contributed by atoms with E-state index in [0.29, 0.717) is 0 Å². The van der Waals surface area contributed by atoms with Crippen molar-refractivity contribution in [2.24, 2.45) is 0 Å². The quantitative estimate of drug-likeness (QED) is 0.814. The summed E-state index contributed by atoms with van der Waals surface area (Å²) in [6.07, 6.45) is 0.869. The Morgan fingerprint density at radius 2 is 2.44 bits per heavy atom. The minimum absolute atomic E-state index is 0.0362. The Kier molecular flexibility index (Phi) is 4.37. The molecule has 0 aromatic carbocycles. The first-order chi connectivity index (χ1) is 8.57. The van der Waals surface area contributed by atoms with Crippen LogP contribution >= 0.6 is 11.3 Å². The second kappa shape index (κ2) is 5.82. The van der Waals surface area contributed by atoms with E-state index in [1.807, 2.05) is 13.8 Å². The molecule has 0 spiro atoms. The Morgan fingerprint density at radius 1 is 1.67 bits per heavy atom. The maximum Gasteiger partial charge on any atom is 0.246 e. The molecule has 1 atom stereocenters. The number of nitrogens with one attached hydrogen (secondary N) is 2. The van der Waals surface area contributed by atoms with Crippen molar-refractivity contribution in [3.8, 4) is 0 Å². The molecule has 5 heteroatoms. The van der Waals surface area contributed by atoms with Gasteiger partial charge in [-0.05, 0) is 42.7 Å². The second-order valence-corrected chi connectivity index (χ2v) is 5.93. The highest BCUT2D eigenvalue weighted by atomic mass is 32.1. The van der Waals surface area contributed by atoms with Gasteiger partial charge in [-0.1, -0.05) is 0 Å². The van der Waals surface area contributed by atoms with Gasteiger partial charge in [-0.2, -0.15) is 11.3 Å². The molecule has 1 aliphatic rings. The first-order valence-corrected chi connectivity index (χ1v) is 7.17. The molecular formula is C13H20N2O2S. The third-order valence-corrected chi connectivity index (χ3v) is 3.81. The number of thiophene rings is 1. The Labute approximate surface area is 112 Å². The van der Waals surface area contributed by atoms with Crippen LogP contribution in [0, 0.1) is 0 Å². The van der Waals surface area contributed by atoms with Crippen LogP contribution in [0.4, 0.5) is 0 Å². The average molecular weight is 268 g/mol. The molecule has 0 aliphatic carbocycles. The number of hydrogen-bond acceptors (Lipinski definition) is 4. The van der Waals surface area contributed by atoms with E-state index in [2.05, 4.69) is 27.5 Å². The standard InChI is InChI=1S/C13H20N2O2S/c1-10(5-11-3-4-18-7-11)15-12(16)6-17-13(2)8-14-9-13/h3-4,7,10,14H,5-6,8-9H2,1-2H3,(H,15,16). The van der Waals surface area contributed by atoms with Gasteiger partial charge in [0.05, 0.1) is 5.60 Å². The summed E-state index contributed by atoms with van der Waals surface area (Å²) >= 11 is 1.68. The summed E-state index contributed by atoms with van der Waals surface area (Å²) in [5.41, 5.74) is 1.11. The monoisotopic (exact) mass is 268 g/mol. The maximum atomic E-state index is 11.7. The number of amides is 1. The van der Waals surface area contributed by atoms with Crippen LogP contribution in [0.15, 0.2) is 16.8 Å². The lowest BCUT2D eigenvalue weighted by Crippen LogP contribution is -2.59. The van der Waals surface area contributed by atoms with Gasteiger partial charge in [0, 0.05) is 19.1 Å². The third kappa shape index (κ3) is 3.80. The van der Waals surface area contributed by atoms with Crippen LogP contribution in [0.1, 0.15) is 19.4 Å². The lowest BCUT2D eigenvalue weighted by Gasteiger charge is -2.38. The summed E-state index contributed by atoms with van der Waals surface area (Å²) in [4.78, 5) is 11.7. The molecule has 4 nitrogen and oxygen atoms in total. The predicted octanol–water partition coefficient (Wildman–Crippen LogP) is 1.17. The van der Waals surface area contributed by atoms with Crippen molar-refractivity contribution in [2.75, 3.05) is 19.7 Å². The van der Waals surface area contributed by atoms with Crippen molar-refractivity contribution in [3.63, 3.8) is 0 Å². The Bertz CT molecular complexity index is 388. The van der Waals surface area contributed by atoms with Gasteiger partial charge >= 0.3 is 0 Å². The van der Waals surface area contributed by atoms with Crippen molar-refractivity contribution in [3.05, 3.63) is 22.4 Å². The van der Waals surface area contributed by atoms with E-state index in [4.69, 9.17) is 4.74 Å². The topological polar surface area (TPSA) is 50.4 Å². The first kappa shape index (κ1) is 13.5. The van der Waals surface area contributed by atoms with E-state index in [9.17, 15) is 4.79 Å². The summed E-state index contributed by atoms with van der Waals surface area (Å²) in [5, 5.41) is 10.3. The van der Waals surface area contributed by atoms with E-state index >= 15 is 0 Å². The molecule has 18 heavy (non-hydrogen) atoms. The Hall–Kier alpha value is -0.910. The number of rotatable bonds is 6. The second-order valence-electron chi connectivity index (χ2n) is 5.15. The largest absolute Gasteiger partial charge is 0.363 e. The van der Waals surface area contributed by atoms with Crippen LogP contribution in [0.25, 0.3) is 0 Å². The van der Waals surface area contributed by atoms with E-state index in [1.165, 1.54) is 5.56 Å². The molecule has 0 bridgehead atoms. The van der Waals surface area contributed by atoms with Crippen LogP contribution in [0.3, 0.4) is 0 Å². The average Bonchev–Trinajstić information content (AvgIpc) is 2.76. The number of hydrogen-bond donors (Lipinski definition) is 2. The third-order valence-electron chi connectivity index (χ3n) is 3.08. The van der Waals surface area contributed by atoms with Crippen LogP contribution in [-0.2, 0) is 16.0 Å².